The molecule has 3 heterocycles. The number of likely N-dealkylation sites (tertiary alicyclic amines) is 1. The predicted molar refractivity (Wildman–Crippen MR) is 110 cm³/mol. The van der Waals surface area contributed by atoms with E-state index >= 15 is 0 Å². The van der Waals surface area contributed by atoms with Crippen LogP contribution in [0.4, 0.5) is 0 Å². The first kappa shape index (κ1) is 17.9. The van der Waals surface area contributed by atoms with E-state index in [1.807, 2.05) is 4.68 Å². The molecule has 2 atom stereocenters. The fourth-order valence-corrected chi connectivity index (χ4v) is 5.24. The van der Waals surface area contributed by atoms with E-state index in [0.29, 0.717) is 5.69 Å². The Bertz CT molecular complexity index is 855. The molecule has 5 rings (SSSR count). The molecule has 5 heteroatoms. The molecule has 0 bridgehead atoms. The molecule has 0 radical (unpaired) electrons. The molecule has 2 aromatic rings. The lowest BCUT2D eigenvalue weighted by molar-refractivity contribution is 0.0751. The van der Waals surface area contributed by atoms with Crippen molar-refractivity contribution >= 4 is 5.91 Å². The Morgan fingerprint density at radius 3 is 2.43 bits per heavy atom. The number of amides is 1. The van der Waals surface area contributed by atoms with E-state index in [4.69, 9.17) is 5.10 Å². The SMILES string of the molecule is Cc1ccc(-n2nc(C(=O)N3CC[C@@H]4CNC[C@@H]4CC3)c3c2CCCC3)cc1. The first-order valence-corrected chi connectivity index (χ1v) is 10.9. The number of nitrogens with one attached hydrogen (secondary N) is 1. The van der Waals surface area contributed by atoms with Gasteiger partial charge in [0.2, 0.25) is 0 Å². The van der Waals surface area contributed by atoms with Crippen molar-refractivity contribution < 1.29 is 4.79 Å². The summed E-state index contributed by atoms with van der Waals surface area (Å²) >= 11 is 0. The van der Waals surface area contributed by atoms with Crippen LogP contribution in [0.15, 0.2) is 24.3 Å². The minimum Gasteiger partial charge on any atom is -0.337 e. The smallest absolute Gasteiger partial charge is 0.274 e. The third-order valence-corrected chi connectivity index (χ3v) is 6.97. The summed E-state index contributed by atoms with van der Waals surface area (Å²) in [6.45, 7) is 6.07. The Hall–Kier alpha value is -2.14. The Balaban J connectivity index is 1.46. The monoisotopic (exact) mass is 378 g/mol. The minimum absolute atomic E-state index is 0.150. The van der Waals surface area contributed by atoms with Crippen molar-refractivity contribution in [2.24, 2.45) is 11.8 Å². The van der Waals surface area contributed by atoms with Gasteiger partial charge in [-0.3, -0.25) is 4.79 Å². The van der Waals surface area contributed by atoms with Crippen molar-refractivity contribution in [1.29, 1.82) is 0 Å². The summed E-state index contributed by atoms with van der Waals surface area (Å²) in [4.78, 5) is 15.6. The van der Waals surface area contributed by atoms with Crippen LogP contribution in [0.25, 0.3) is 5.69 Å². The van der Waals surface area contributed by atoms with Crippen LogP contribution < -0.4 is 5.32 Å². The van der Waals surface area contributed by atoms with Gasteiger partial charge in [0.1, 0.15) is 0 Å². The normalized spacial score (nSPS) is 24.5. The third kappa shape index (κ3) is 3.16. The molecule has 1 aromatic heterocycles. The number of carbonyl (C=O) groups excluding carboxylic acids is 1. The van der Waals surface area contributed by atoms with E-state index in [9.17, 15) is 4.79 Å². The zero-order chi connectivity index (χ0) is 19.1. The highest BCUT2D eigenvalue weighted by molar-refractivity contribution is 5.94. The van der Waals surface area contributed by atoms with E-state index in [2.05, 4.69) is 41.4 Å². The highest BCUT2D eigenvalue weighted by Crippen LogP contribution is 2.30. The zero-order valence-corrected chi connectivity index (χ0v) is 16.8. The van der Waals surface area contributed by atoms with E-state index < -0.39 is 0 Å². The first-order valence-electron chi connectivity index (χ1n) is 10.9. The average molecular weight is 379 g/mol. The molecular formula is C23H30N4O. The zero-order valence-electron chi connectivity index (χ0n) is 16.8. The van der Waals surface area contributed by atoms with Gasteiger partial charge in [-0.05, 0) is 82.5 Å². The van der Waals surface area contributed by atoms with Gasteiger partial charge < -0.3 is 10.2 Å². The van der Waals surface area contributed by atoms with Gasteiger partial charge >= 0.3 is 0 Å². The molecule has 1 N–H and O–H groups in total. The summed E-state index contributed by atoms with van der Waals surface area (Å²) in [7, 11) is 0. The molecule has 0 unspecified atom stereocenters. The lowest BCUT2D eigenvalue weighted by atomic mass is 9.92. The molecule has 3 aliphatic rings. The topological polar surface area (TPSA) is 50.2 Å². The van der Waals surface area contributed by atoms with Crippen LogP contribution in [0, 0.1) is 18.8 Å². The van der Waals surface area contributed by atoms with Crippen LogP contribution in [0.3, 0.4) is 0 Å². The highest BCUT2D eigenvalue weighted by Gasteiger charge is 2.34. The van der Waals surface area contributed by atoms with Gasteiger partial charge in [-0.1, -0.05) is 17.7 Å². The number of aryl methyl sites for hydroxylation is 1. The number of benzene rings is 1. The van der Waals surface area contributed by atoms with Crippen molar-refractivity contribution in [2.45, 2.75) is 45.4 Å². The standard InChI is InChI=1S/C23H30N4O/c1-16-6-8-19(9-7-16)27-21-5-3-2-4-20(21)22(25-27)23(28)26-12-10-17-14-24-15-18(17)11-13-26/h6-9,17-18,24H,2-5,10-15H2,1H3/t17-,18+. The summed E-state index contributed by atoms with van der Waals surface area (Å²) < 4.78 is 2.04. The summed E-state index contributed by atoms with van der Waals surface area (Å²) in [5, 5.41) is 8.40. The van der Waals surface area contributed by atoms with Crippen molar-refractivity contribution in [3.63, 3.8) is 0 Å². The maximum atomic E-state index is 13.5. The van der Waals surface area contributed by atoms with Gasteiger partial charge in [0.15, 0.2) is 5.69 Å². The number of carbonyl (C=O) groups is 1. The van der Waals surface area contributed by atoms with Gasteiger partial charge in [0.05, 0.1) is 5.69 Å². The largest absolute Gasteiger partial charge is 0.337 e. The molecule has 2 saturated heterocycles. The van der Waals surface area contributed by atoms with Crippen molar-refractivity contribution in [1.82, 2.24) is 20.0 Å². The summed E-state index contributed by atoms with van der Waals surface area (Å²) in [6.07, 6.45) is 6.56. The molecule has 0 spiro atoms. The van der Waals surface area contributed by atoms with Crippen LogP contribution in [0.5, 0.6) is 0 Å². The molecule has 1 aromatic carbocycles. The van der Waals surface area contributed by atoms with Crippen LogP contribution in [0.1, 0.15) is 53.0 Å². The Morgan fingerprint density at radius 1 is 1.04 bits per heavy atom. The van der Waals surface area contributed by atoms with Crippen LogP contribution >= 0.6 is 0 Å². The molecule has 1 amide bonds. The summed E-state index contributed by atoms with van der Waals surface area (Å²) in [6, 6.07) is 8.47. The quantitative estimate of drug-likeness (QED) is 0.873. The van der Waals surface area contributed by atoms with Gasteiger partial charge in [-0.25, -0.2) is 4.68 Å². The molecule has 5 nitrogen and oxygen atoms in total. The van der Waals surface area contributed by atoms with Crippen LogP contribution in [-0.4, -0.2) is 46.8 Å². The summed E-state index contributed by atoms with van der Waals surface area (Å²) in [5.41, 5.74) is 5.46. The second kappa shape index (κ2) is 7.36. The maximum absolute atomic E-state index is 13.5. The average Bonchev–Trinajstić information content (AvgIpc) is 3.28. The molecule has 1 aliphatic carbocycles. The van der Waals surface area contributed by atoms with E-state index in [1.165, 1.54) is 23.2 Å². The molecule has 2 aliphatic heterocycles. The number of rotatable bonds is 2. The third-order valence-electron chi connectivity index (χ3n) is 6.97. The van der Waals surface area contributed by atoms with Gasteiger partial charge in [-0.2, -0.15) is 5.10 Å². The minimum atomic E-state index is 0.150. The number of aromatic nitrogens is 2. The lowest BCUT2D eigenvalue weighted by Crippen LogP contribution is -2.33. The fraction of sp³-hybridized carbons (Fsp3) is 0.565. The number of hydrogen-bond donors (Lipinski definition) is 1. The lowest BCUT2D eigenvalue weighted by Gasteiger charge is -2.21. The van der Waals surface area contributed by atoms with Gasteiger partial charge in [0.25, 0.3) is 5.91 Å². The summed E-state index contributed by atoms with van der Waals surface area (Å²) in [5.74, 6) is 1.62. The van der Waals surface area contributed by atoms with Crippen LogP contribution in [0.2, 0.25) is 0 Å². The maximum Gasteiger partial charge on any atom is 0.274 e. The van der Waals surface area contributed by atoms with Crippen molar-refractivity contribution in [3.05, 3.63) is 46.8 Å². The Labute approximate surface area is 167 Å². The molecule has 28 heavy (non-hydrogen) atoms. The second-order valence-corrected chi connectivity index (χ2v) is 8.78. The fourth-order valence-electron chi connectivity index (χ4n) is 5.24. The second-order valence-electron chi connectivity index (χ2n) is 8.78. The Kier molecular flexibility index (Phi) is 4.71. The number of fused-ring (bicyclic) bond motifs is 2. The van der Waals surface area contributed by atoms with Gasteiger partial charge in [-0.15, -0.1) is 0 Å². The highest BCUT2D eigenvalue weighted by atomic mass is 16.2. The molecule has 148 valence electrons. The van der Waals surface area contributed by atoms with Crippen LogP contribution in [-0.2, 0) is 12.8 Å². The van der Waals surface area contributed by atoms with E-state index in [1.54, 1.807) is 0 Å². The number of nitrogens with zero attached hydrogens (tertiary/aromatic N) is 3. The Morgan fingerprint density at radius 2 is 1.71 bits per heavy atom. The van der Waals surface area contributed by atoms with E-state index in [0.717, 1.165) is 75.8 Å². The molecule has 2 fully saturated rings. The molecular weight excluding hydrogens is 348 g/mol. The number of hydrogen-bond acceptors (Lipinski definition) is 3. The van der Waals surface area contributed by atoms with Crippen molar-refractivity contribution in [3.8, 4) is 5.69 Å². The van der Waals surface area contributed by atoms with Crippen molar-refractivity contribution in [2.75, 3.05) is 26.2 Å². The predicted octanol–water partition coefficient (Wildman–Crippen LogP) is 3.13. The first-order chi connectivity index (χ1) is 13.7. The van der Waals surface area contributed by atoms with E-state index in [-0.39, 0.29) is 5.91 Å². The molecule has 0 saturated carbocycles. The van der Waals surface area contributed by atoms with Gasteiger partial charge in [0, 0.05) is 24.3 Å².